The lowest BCUT2D eigenvalue weighted by Gasteiger charge is -2.20. The average molecular weight is 245 g/mol. The van der Waals surface area contributed by atoms with Gasteiger partial charge in [0.05, 0.1) is 5.56 Å². The van der Waals surface area contributed by atoms with E-state index in [-0.39, 0.29) is 5.41 Å². The van der Waals surface area contributed by atoms with Gasteiger partial charge in [0.1, 0.15) is 0 Å². The van der Waals surface area contributed by atoms with Gasteiger partial charge in [0, 0.05) is 19.2 Å². The van der Waals surface area contributed by atoms with E-state index in [0.717, 1.165) is 17.8 Å². The molecule has 1 heterocycles. The van der Waals surface area contributed by atoms with Crippen LogP contribution in [0.25, 0.3) is 11.5 Å². The van der Waals surface area contributed by atoms with Crippen molar-refractivity contribution < 1.29 is 4.42 Å². The number of nitrogens with zero attached hydrogens (tertiary/aromatic N) is 2. The van der Waals surface area contributed by atoms with E-state index >= 15 is 0 Å². The Morgan fingerprint density at radius 2 is 1.89 bits per heavy atom. The van der Waals surface area contributed by atoms with E-state index in [2.05, 4.69) is 36.3 Å². The van der Waals surface area contributed by atoms with Crippen molar-refractivity contribution in [2.24, 2.45) is 5.41 Å². The number of hydrogen-bond donors (Lipinski definition) is 1. The fraction of sp³-hybridized carbons (Fsp3) is 0.429. The number of aromatic nitrogens is 2. The molecule has 0 aliphatic rings. The van der Waals surface area contributed by atoms with Crippen LogP contribution < -0.4 is 5.32 Å². The summed E-state index contributed by atoms with van der Waals surface area (Å²) in [6.45, 7) is 9.26. The zero-order valence-corrected chi connectivity index (χ0v) is 11.3. The molecule has 0 saturated carbocycles. The lowest BCUT2D eigenvalue weighted by atomic mass is 9.96. The summed E-state index contributed by atoms with van der Waals surface area (Å²) in [7, 11) is 0. The van der Waals surface area contributed by atoms with E-state index in [0.29, 0.717) is 11.8 Å². The first-order chi connectivity index (χ1) is 8.46. The Labute approximate surface area is 107 Å². The first kappa shape index (κ1) is 12.6. The van der Waals surface area contributed by atoms with E-state index < -0.39 is 0 Å². The summed E-state index contributed by atoms with van der Waals surface area (Å²) in [6.07, 6.45) is 0. The first-order valence-corrected chi connectivity index (χ1v) is 6.09. The smallest absolute Gasteiger partial charge is 0.249 e. The largest absolute Gasteiger partial charge is 0.421 e. The highest BCUT2D eigenvalue weighted by atomic mass is 16.4. The lowest BCUT2D eigenvalue weighted by molar-refractivity contribution is 0.443. The quantitative estimate of drug-likeness (QED) is 0.899. The molecule has 0 saturated heterocycles. The minimum absolute atomic E-state index is 0.220. The molecule has 0 spiro atoms. The predicted molar refractivity (Wildman–Crippen MR) is 72.4 cm³/mol. The van der Waals surface area contributed by atoms with Crippen molar-refractivity contribution in [2.45, 2.75) is 27.7 Å². The summed E-state index contributed by atoms with van der Waals surface area (Å²) in [5.41, 5.74) is 2.19. The van der Waals surface area contributed by atoms with Crippen LogP contribution in [-0.4, -0.2) is 16.7 Å². The molecular weight excluding hydrogens is 226 g/mol. The molecule has 0 fully saturated rings. The second-order valence-electron chi connectivity index (χ2n) is 5.59. The molecular formula is C14H19N3O. The third kappa shape index (κ3) is 3.09. The molecule has 2 rings (SSSR count). The normalized spacial score (nSPS) is 11.6. The van der Waals surface area contributed by atoms with Crippen LogP contribution >= 0.6 is 0 Å². The number of aryl methyl sites for hydroxylation is 1. The number of para-hydroxylation sites is 1. The van der Waals surface area contributed by atoms with Crippen LogP contribution in [0.4, 0.5) is 5.69 Å². The SMILES string of the molecule is Cc1nnc(-c2ccccc2NCC(C)(C)C)o1. The molecule has 1 aromatic carbocycles. The van der Waals surface area contributed by atoms with Gasteiger partial charge in [-0.1, -0.05) is 32.9 Å². The summed E-state index contributed by atoms with van der Waals surface area (Å²) in [6, 6.07) is 7.98. The van der Waals surface area contributed by atoms with E-state index in [9.17, 15) is 0 Å². The van der Waals surface area contributed by atoms with E-state index in [1.165, 1.54) is 0 Å². The van der Waals surface area contributed by atoms with Crippen molar-refractivity contribution in [1.29, 1.82) is 0 Å². The standard InChI is InChI=1S/C14H19N3O/c1-10-16-17-13(18-10)11-7-5-6-8-12(11)15-9-14(2,3)4/h5-8,15H,9H2,1-4H3. The highest BCUT2D eigenvalue weighted by Crippen LogP contribution is 2.27. The van der Waals surface area contributed by atoms with Crippen LogP contribution in [0.5, 0.6) is 0 Å². The van der Waals surface area contributed by atoms with Crippen molar-refractivity contribution in [3.8, 4) is 11.5 Å². The summed E-state index contributed by atoms with van der Waals surface area (Å²) >= 11 is 0. The average Bonchev–Trinajstić information content (AvgIpc) is 2.72. The minimum atomic E-state index is 0.220. The molecule has 0 amide bonds. The summed E-state index contributed by atoms with van der Waals surface area (Å²) in [4.78, 5) is 0. The first-order valence-electron chi connectivity index (χ1n) is 6.09. The van der Waals surface area contributed by atoms with Gasteiger partial charge < -0.3 is 9.73 Å². The van der Waals surface area contributed by atoms with Gasteiger partial charge in [-0.2, -0.15) is 0 Å². The van der Waals surface area contributed by atoms with Gasteiger partial charge in [0.25, 0.3) is 0 Å². The van der Waals surface area contributed by atoms with Crippen LogP contribution in [0.3, 0.4) is 0 Å². The second-order valence-corrected chi connectivity index (χ2v) is 5.59. The lowest BCUT2D eigenvalue weighted by Crippen LogP contribution is -2.19. The highest BCUT2D eigenvalue weighted by molar-refractivity contribution is 5.72. The molecule has 0 bridgehead atoms. The zero-order chi connectivity index (χ0) is 13.2. The maximum absolute atomic E-state index is 5.48. The summed E-state index contributed by atoms with van der Waals surface area (Å²) in [5.74, 6) is 1.14. The van der Waals surface area contributed by atoms with E-state index in [1.807, 2.05) is 24.3 Å². The van der Waals surface area contributed by atoms with Crippen LogP contribution in [-0.2, 0) is 0 Å². The number of nitrogens with one attached hydrogen (secondary N) is 1. The summed E-state index contributed by atoms with van der Waals surface area (Å²) < 4.78 is 5.48. The molecule has 0 radical (unpaired) electrons. The maximum atomic E-state index is 5.48. The van der Waals surface area contributed by atoms with Crippen LogP contribution in [0.15, 0.2) is 28.7 Å². The van der Waals surface area contributed by atoms with Crippen molar-refractivity contribution in [1.82, 2.24) is 10.2 Å². The number of hydrogen-bond acceptors (Lipinski definition) is 4. The Bertz CT molecular complexity index is 526. The van der Waals surface area contributed by atoms with Gasteiger partial charge in [-0.05, 0) is 17.5 Å². The van der Waals surface area contributed by atoms with Crippen molar-refractivity contribution in [3.63, 3.8) is 0 Å². The molecule has 96 valence electrons. The van der Waals surface area contributed by atoms with Gasteiger partial charge in [-0.15, -0.1) is 10.2 Å². The molecule has 4 nitrogen and oxygen atoms in total. The third-order valence-electron chi connectivity index (χ3n) is 2.49. The molecule has 2 aromatic rings. The van der Waals surface area contributed by atoms with Crippen molar-refractivity contribution in [3.05, 3.63) is 30.2 Å². The topological polar surface area (TPSA) is 51.0 Å². The van der Waals surface area contributed by atoms with Crippen molar-refractivity contribution in [2.75, 3.05) is 11.9 Å². The van der Waals surface area contributed by atoms with Gasteiger partial charge in [-0.3, -0.25) is 0 Å². The van der Waals surface area contributed by atoms with Crippen molar-refractivity contribution >= 4 is 5.69 Å². The van der Waals surface area contributed by atoms with Gasteiger partial charge in [-0.25, -0.2) is 0 Å². The Kier molecular flexibility index (Phi) is 3.36. The third-order valence-corrected chi connectivity index (χ3v) is 2.49. The highest BCUT2D eigenvalue weighted by Gasteiger charge is 2.14. The zero-order valence-electron chi connectivity index (χ0n) is 11.3. The van der Waals surface area contributed by atoms with E-state index in [4.69, 9.17) is 4.42 Å². The molecule has 0 aliphatic carbocycles. The minimum Gasteiger partial charge on any atom is -0.421 e. The maximum Gasteiger partial charge on any atom is 0.249 e. The number of benzene rings is 1. The van der Waals surface area contributed by atoms with Gasteiger partial charge in [0.2, 0.25) is 11.8 Å². The van der Waals surface area contributed by atoms with Crippen LogP contribution in [0.2, 0.25) is 0 Å². The molecule has 0 aliphatic heterocycles. The van der Waals surface area contributed by atoms with Crippen LogP contribution in [0.1, 0.15) is 26.7 Å². The Morgan fingerprint density at radius 1 is 1.17 bits per heavy atom. The Hall–Kier alpha value is -1.84. The molecule has 18 heavy (non-hydrogen) atoms. The molecule has 0 unspecified atom stereocenters. The predicted octanol–water partition coefficient (Wildman–Crippen LogP) is 3.50. The van der Waals surface area contributed by atoms with Gasteiger partial charge in [0.15, 0.2) is 0 Å². The van der Waals surface area contributed by atoms with E-state index in [1.54, 1.807) is 6.92 Å². The summed E-state index contributed by atoms with van der Waals surface area (Å²) in [5, 5.41) is 11.4. The fourth-order valence-electron chi connectivity index (χ4n) is 1.59. The second kappa shape index (κ2) is 4.80. The molecule has 1 aromatic heterocycles. The fourth-order valence-corrected chi connectivity index (χ4v) is 1.59. The molecule has 4 heteroatoms. The Morgan fingerprint density at radius 3 is 2.50 bits per heavy atom. The number of rotatable bonds is 3. The van der Waals surface area contributed by atoms with Crippen LogP contribution in [0, 0.1) is 12.3 Å². The number of anilines is 1. The Balaban J connectivity index is 2.26. The van der Waals surface area contributed by atoms with Gasteiger partial charge >= 0.3 is 0 Å². The molecule has 0 atom stereocenters. The monoisotopic (exact) mass is 245 g/mol. The molecule has 1 N–H and O–H groups in total.